The molecule has 0 unspecified atom stereocenters. The summed E-state index contributed by atoms with van der Waals surface area (Å²) < 4.78 is 13.1. The zero-order chi connectivity index (χ0) is 26.2. The molecule has 0 amide bonds. The average Bonchev–Trinajstić information content (AvgIpc) is 3.59. The van der Waals surface area contributed by atoms with Gasteiger partial charge in [0.2, 0.25) is 0 Å². The van der Waals surface area contributed by atoms with Crippen molar-refractivity contribution in [2.45, 2.75) is 0 Å². The lowest BCUT2D eigenvalue weighted by molar-refractivity contribution is 0.633. The van der Waals surface area contributed by atoms with E-state index in [9.17, 15) is 0 Å². The van der Waals surface area contributed by atoms with Crippen LogP contribution in [0.3, 0.4) is 0 Å². The van der Waals surface area contributed by atoms with Crippen molar-refractivity contribution in [2.24, 2.45) is 0 Å². The van der Waals surface area contributed by atoms with Gasteiger partial charge in [-0.25, -0.2) is 0 Å². The molecule has 0 atom stereocenters. The summed E-state index contributed by atoms with van der Waals surface area (Å²) in [6.07, 6.45) is 0. The van der Waals surface area contributed by atoms with Gasteiger partial charge in [0.25, 0.3) is 0 Å². The maximum Gasteiger partial charge on any atom is 0.143 e. The highest BCUT2D eigenvalue weighted by Crippen LogP contribution is 2.47. The van der Waals surface area contributed by atoms with E-state index in [0.717, 1.165) is 60.6 Å². The van der Waals surface area contributed by atoms with Gasteiger partial charge in [0.05, 0.1) is 0 Å². The van der Waals surface area contributed by atoms with Crippen molar-refractivity contribution in [1.29, 1.82) is 0 Å². The summed E-state index contributed by atoms with van der Waals surface area (Å²) in [4.78, 5) is 0. The zero-order valence-corrected chi connectivity index (χ0v) is 21.5. The smallest absolute Gasteiger partial charge is 0.143 e. The summed E-state index contributed by atoms with van der Waals surface area (Å²) in [5, 5.41) is 10.4. The Morgan fingerprint density at radius 2 is 0.925 bits per heavy atom. The molecule has 0 N–H and O–H groups in total. The SMILES string of the molecule is c1ccc2cc3oc(-c4c5ccccc5c(-c5cccc6c5oc5ccccc56)c5ccccc45)cc3cc2c1. The van der Waals surface area contributed by atoms with E-state index in [-0.39, 0.29) is 0 Å². The van der Waals surface area contributed by atoms with Crippen molar-refractivity contribution in [2.75, 3.05) is 0 Å². The van der Waals surface area contributed by atoms with Gasteiger partial charge in [-0.1, -0.05) is 109 Å². The molecule has 2 heterocycles. The Morgan fingerprint density at radius 1 is 0.350 bits per heavy atom. The highest BCUT2D eigenvalue weighted by molar-refractivity contribution is 6.24. The monoisotopic (exact) mass is 510 g/mol. The van der Waals surface area contributed by atoms with Crippen LogP contribution in [-0.2, 0) is 0 Å². The second-order valence-electron chi connectivity index (χ2n) is 10.5. The standard InChI is InChI=1S/C38H22O2/c1-2-11-24-21-34-25(20-23(24)10-1)22-35(39-34)37-29-15-5-3-13-27(29)36(28-14-4-6-16-30(28)37)32-18-9-17-31-26-12-7-8-19-33(26)40-38(31)32/h1-22H. The molecular formula is C38H22O2. The number of furan rings is 2. The van der Waals surface area contributed by atoms with Gasteiger partial charge < -0.3 is 8.83 Å². The van der Waals surface area contributed by atoms with Crippen molar-refractivity contribution in [1.82, 2.24) is 0 Å². The van der Waals surface area contributed by atoms with Crippen molar-refractivity contribution in [3.05, 3.63) is 133 Å². The second-order valence-corrected chi connectivity index (χ2v) is 10.5. The number of fused-ring (bicyclic) bond motifs is 7. The Balaban J connectivity index is 1.40. The topological polar surface area (TPSA) is 26.3 Å². The van der Waals surface area contributed by atoms with Crippen LogP contribution in [0.4, 0.5) is 0 Å². The Kier molecular flexibility index (Phi) is 4.36. The van der Waals surface area contributed by atoms with Gasteiger partial charge in [0, 0.05) is 32.8 Å². The molecule has 0 bridgehead atoms. The predicted octanol–water partition coefficient (Wildman–Crippen LogP) is 11.1. The first-order valence-electron chi connectivity index (χ1n) is 13.6. The molecule has 0 aliphatic rings. The van der Waals surface area contributed by atoms with Crippen LogP contribution in [-0.4, -0.2) is 0 Å². The van der Waals surface area contributed by atoms with Crippen LogP contribution in [0.5, 0.6) is 0 Å². The Labute approximate surface area is 229 Å². The number of hydrogen-bond donors (Lipinski definition) is 0. The van der Waals surface area contributed by atoms with E-state index in [0.29, 0.717) is 0 Å². The fourth-order valence-electron chi connectivity index (χ4n) is 6.48. The van der Waals surface area contributed by atoms with Crippen molar-refractivity contribution >= 4 is 65.2 Å². The Bertz CT molecular complexity index is 2330. The molecule has 186 valence electrons. The van der Waals surface area contributed by atoms with Crippen LogP contribution >= 0.6 is 0 Å². The van der Waals surface area contributed by atoms with Gasteiger partial charge in [-0.15, -0.1) is 0 Å². The van der Waals surface area contributed by atoms with Crippen LogP contribution < -0.4 is 0 Å². The number of para-hydroxylation sites is 2. The van der Waals surface area contributed by atoms with Gasteiger partial charge in [0.15, 0.2) is 0 Å². The molecule has 40 heavy (non-hydrogen) atoms. The van der Waals surface area contributed by atoms with E-state index < -0.39 is 0 Å². The molecule has 0 aliphatic carbocycles. The van der Waals surface area contributed by atoms with Crippen LogP contribution in [0.25, 0.3) is 87.7 Å². The van der Waals surface area contributed by atoms with Gasteiger partial charge in [-0.3, -0.25) is 0 Å². The highest BCUT2D eigenvalue weighted by Gasteiger charge is 2.21. The number of hydrogen-bond acceptors (Lipinski definition) is 2. The lowest BCUT2D eigenvalue weighted by atomic mass is 9.87. The van der Waals surface area contributed by atoms with Crippen molar-refractivity contribution < 1.29 is 8.83 Å². The summed E-state index contributed by atoms with van der Waals surface area (Å²) in [6.45, 7) is 0. The molecule has 9 rings (SSSR count). The van der Waals surface area contributed by atoms with Crippen LogP contribution in [0.15, 0.2) is 142 Å². The minimum absolute atomic E-state index is 0.881. The van der Waals surface area contributed by atoms with E-state index in [1.165, 1.54) is 27.1 Å². The van der Waals surface area contributed by atoms with Crippen LogP contribution in [0, 0.1) is 0 Å². The first-order chi connectivity index (χ1) is 19.8. The fraction of sp³-hybridized carbons (Fsp3) is 0. The van der Waals surface area contributed by atoms with Crippen molar-refractivity contribution in [3.63, 3.8) is 0 Å². The Morgan fingerprint density at radius 3 is 1.65 bits per heavy atom. The maximum atomic E-state index is 6.62. The number of rotatable bonds is 2. The molecule has 0 aliphatic heterocycles. The summed E-state index contributed by atoms with van der Waals surface area (Å²) in [5.74, 6) is 0.881. The molecule has 0 saturated carbocycles. The molecule has 2 nitrogen and oxygen atoms in total. The van der Waals surface area contributed by atoms with Gasteiger partial charge in [-0.2, -0.15) is 0 Å². The molecule has 0 spiro atoms. The van der Waals surface area contributed by atoms with E-state index in [4.69, 9.17) is 8.83 Å². The molecule has 2 aromatic heterocycles. The van der Waals surface area contributed by atoms with Crippen LogP contribution in [0.1, 0.15) is 0 Å². The highest BCUT2D eigenvalue weighted by atomic mass is 16.3. The second kappa shape index (κ2) is 8.08. The fourth-order valence-corrected chi connectivity index (χ4v) is 6.48. The zero-order valence-electron chi connectivity index (χ0n) is 21.5. The normalized spacial score (nSPS) is 12.0. The van der Waals surface area contributed by atoms with E-state index in [1.807, 2.05) is 12.1 Å². The third kappa shape index (κ3) is 2.99. The molecule has 0 fully saturated rings. The lowest BCUT2D eigenvalue weighted by Gasteiger charge is -2.16. The Hall–Kier alpha value is -5.34. The molecule has 9 aromatic rings. The van der Waals surface area contributed by atoms with E-state index in [2.05, 4.69) is 121 Å². The van der Waals surface area contributed by atoms with E-state index in [1.54, 1.807) is 0 Å². The summed E-state index contributed by atoms with van der Waals surface area (Å²) in [6, 6.07) is 47.1. The van der Waals surface area contributed by atoms with Crippen molar-refractivity contribution in [3.8, 4) is 22.5 Å². The maximum absolute atomic E-state index is 6.62. The summed E-state index contributed by atoms with van der Waals surface area (Å²) >= 11 is 0. The molecule has 2 heteroatoms. The molecule has 0 radical (unpaired) electrons. The number of benzene rings is 7. The summed E-state index contributed by atoms with van der Waals surface area (Å²) in [7, 11) is 0. The quantitative estimate of drug-likeness (QED) is 0.216. The predicted molar refractivity (Wildman–Crippen MR) is 167 cm³/mol. The average molecular weight is 511 g/mol. The van der Waals surface area contributed by atoms with Gasteiger partial charge in [-0.05, 0) is 56.6 Å². The van der Waals surface area contributed by atoms with E-state index >= 15 is 0 Å². The summed E-state index contributed by atoms with van der Waals surface area (Å²) in [5.41, 5.74) is 6.13. The first kappa shape index (κ1) is 21.6. The third-order valence-corrected chi connectivity index (χ3v) is 8.24. The van der Waals surface area contributed by atoms with Gasteiger partial charge >= 0.3 is 0 Å². The first-order valence-corrected chi connectivity index (χ1v) is 13.6. The largest absolute Gasteiger partial charge is 0.456 e. The lowest BCUT2D eigenvalue weighted by Crippen LogP contribution is -1.90. The molecular weight excluding hydrogens is 488 g/mol. The minimum Gasteiger partial charge on any atom is -0.456 e. The van der Waals surface area contributed by atoms with Crippen LogP contribution in [0.2, 0.25) is 0 Å². The van der Waals surface area contributed by atoms with Gasteiger partial charge in [0.1, 0.15) is 22.5 Å². The minimum atomic E-state index is 0.881. The third-order valence-electron chi connectivity index (χ3n) is 8.24. The molecule has 7 aromatic carbocycles. The molecule has 0 saturated heterocycles.